The van der Waals surface area contributed by atoms with E-state index in [4.69, 9.17) is 0 Å². The molecule has 22 heavy (non-hydrogen) atoms. The molecule has 6 heteroatoms. The summed E-state index contributed by atoms with van der Waals surface area (Å²) in [6.07, 6.45) is 1.72. The van der Waals surface area contributed by atoms with Crippen molar-refractivity contribution in [1.82, 2.24) is 4.98 Å². The lowest BCUT2D eigenvalue weighted by atomic mass is 10.2. The molecule has 114 valence electrons. The van der Waals surface area contributed by atoms with Gasteiger partial charge in [-0.15, -0.1) is 22.7 Å². The van der Waals surface area contributed by atoms with E-state index >= 15 is 0 Å². The van der Waals surface area contributed by atoms with Gasteiger partial charge in [-0.2, -0.15) is 0 Å². The molecule has 3 nitrogen and oxygen atoms in total. The molecule has 2 aromatic heterocycles. The summed E-state index contributed by atoms with van der Waals surface area (Å²) in [5.41, 5.74) is 3.16. The molecule has 3 rings (SSSR count). The van der Waals surface area contributed by atoms with Crippen LogP contribution in [-0.2, 0) is 23.1 Å². The predicted molar refractivity (Wildman–Crippen MR) is 97.0 cm³/mol. The fourth-order valence-corrected chi connectivity index (χ4v) is 4.38. The van der Waals surface area contributed by atoms with Crippen LogP contribution < -0.4 is 5.32 Å². The van der Waals surface area contributed by atoms with E-state index < -0.39 is 10.8 Å². The van der Waals surface area contributed by atoms with Gasteiger partial charge in [-0.05, 0) is 29.1 Å². The third-order valence-electron chi connectivity index (χ3n) is 3.05. The van der Waals surface area contributed by atoms with Gasteiger partial charge in [-0.25, -0.2) is 4.98 Å². The Morgan fingerprint density at radius 3 is 2.91 bits per heavy atom. The number of hydrogen-bond donors (Lipinski definition) is 1. The molecule has 0 saturated carbocycles. The number of hydrogen-bond acceptors (Lipinski definition) is 5. The number of aromatic nitrogens is 1. The Bertz CT molecular complexity index is 765. The van der Waals surface area contributed by atoms with E-state index in [1.165, 1.54) is 4.88 Å². The van der Waals surface area contributed by atoms with Crippen molar-refractivity contribution >= 4 is 39.2 Å². The van der Waals surface area contributed by atoms with Gasteiger partial charge in [0.05, 0.1) is 17.1 Å². The highest BCUT2D eigenvalue weighted by Gasteiger charge is 2.05. The van der Waals surface area contributed by atoms with Crippen molar-refractivity contribution in [1.29, 1.82) is 0 Å². The predicted octanol–water partition coefficient (Wildman–Crippen LogP) is 4.36. The number of nitrogens with one attached hydrogen (secondary N) is 1. The Kier molecular flexibility index (Phi) is 5.02. The van der Waals surface area contributed by atoms with Gasteiger partial charge in [0.2, 0.25) is 0 Å². The number of benzene rings is 1. The Balaban J connectivity index is 1.64. The van der Waals surface area contributed by atoms with Crippen LogP contribution in [0.2, 0.25) is 0 Å². The maximum Gasteiger partial charge on any atom is 0.133 e. The first-order chi connectivity index (χ1) is 10.7. The van der Waals surface area contributed by atoms with E-state index in [1.807, 2.05) is 30.3 Å². The molecule has 1 atom stereocenters. The van der Waals surface area contributed by atoms with Gasteiger partial charge in [-0.3, -0.25) is 4.21 Å². The highest BCUT2D eigenvalue weighted by Crippen LogP contribution is 2.28. The molecule has 0 aliphatic rings. The SMILES string of the molecule is CS(=O)Cc1cccc(NCc2csc(-c3cccs3)n2)c1. The second-order valence-corrected chi connectivity index (χ2v) is 8.13. The van der Waals surface area contributed by atoms with Gasteiger partial charge in [-0.1, -0.05) is 18.2 Å². The average Bonchev–Trinajstić information content (AvgIpc) is 3.16. The average molecular weight is 349 g/mol. The van der Waals surface area contributed by atoms with E-state index in [0.717, 1.165) is 22.0 Å². The molecule has 3 aromatic rings. The molecule has 1 unspecified atom stereocenters. The second kappa shape index (κ2) is 7.17. The second-order valence-electron chi connectivity index (χ2n) is 4.89. The molecule has 1 aromatic carbocycles. The van der Waals surface area contributed by atoms with Crippen LogP contribution in [0.4, 0.5) is 5.69 Å². The number of thiophene rings is 1. The fraction of sp³-hybridized carbons (Fsp3) is 0.188. The van der Waals surface area contributed by atoms with Gasteiger partial charge in [0.1, 0.15) is 5.01 Å². The molecule has 0 amide bonds. The van der Waals surface area contributed by atoms with Crippen LogP contribution >= 0.6 is 22.7 Å². The third kappa shape index (κ3) is 4.03. The van der Waals surface area contributed by atoms with E-state index in [9.17, 15) is 4.21 Å². The molecule has 0 fully saturated rings. The zero-order chi connectivity index (χ0) is 15.4. The van der Waals surface area contributed by atoms with E-state index in [0.29, 0.717) is 12.3 Å². The van der Waals surface area contributed by atoms with Crippen molar-refractivity contribution in [2.75, 3.05) is 11.6 Å². The number of anilines is 1. The van der Waals surface area contributed by atoms with Crippen molar-refractivity contribution in [3.8, 4) is 9.88 Å². The summed E-state index contributed by atoms with van der Waals surface area (Å²) in [5.74, 6) is 0.592. The minimum absolute atomic E-state index is 0.592. The molecule has 0 bridgehead atoms. The van der Waals surface area contributed by atoms with Gasteiger partial charge in [0.25, 0.3) is 0 Å². The van der Waals surface area contributed by atoms with Crippen LogP contribution in [0.1, 0.15) is 11.3 Å². The smallest absolute Gasteiger partial charge is 0.133 e. The van der Waals surface area contributed by atoms with Crippen molar-refractivity contribution < 1.29 is 4.21 Å². The van der Waals surface area contributed by atoms with E-state index in [1.54, 1.807) is 28.9 Å². The van der Waals surface area contributed by atoms with Crippen molar-refractivity contribution in [2.24, 2.45) is 0 Å². The lowest BCUT2D eigenvalue weighted by molar-refractivity contribution is 0.686. The van der Waals surface area contributed by atoms with Crippen LogP contribution in [0.3, 0.4) is 0 Å². The van der Waals surface area contributed by atoms with Crippen molar-refractivity contribution in [3.05, 3.63) is 58.4 Å². The first-order valence-corrected chi connectivity index (χ1v) is 10.3. The first-order valence-electron chi connectivity index (χ1n) is 6.82. The largest absolute Gasteiger partial charge is 0.379 e. The van der Waals surface area contributed by atoms with Gasteiger partial charge >= 0.3 is 0 Å². The minimum atomic E-state index is -0.816. The molecular weight excluding hydrogens is 332 g/mol. The van der Waals surface area contributed by atoms with Gasteiger partial charge in [0, 0.05) is 33.9 Å². The van der Waals surface area contributed by atoms with Crippen molar-refractivity contribution in [3.63, 3.8) is 0 Å². The molecule has 0 spiro atoms. The van der Waals surface area contributed by atoms with Crippen LogP contribution in [-0.4, -0.2) is 15.4 Å². The van der Waals surface area contributed by atoms with Crippen LogP contribution in [0.15, 0.2) is 47.2 Å². The Morgan fingerprint density at radius 1 is 1.23 bits per heavy atom. The lowest BCUT2D eigenvalue weighted by Gasteiger charge is -2.06. The molecule has 0 radical (unpaired) electrons. The maximum absolute atomic E-state index is 11.3. The monoisotopic (exact) mass is 348 g/mol. The van der Waals surface area contributed by atoms with Crippen LogP contribution in [0.5, 0.6) is 0 Å². The molecular formula is C16H16N2OS3. The van der Waals surface area contributed by atoms with Gasteiger partial charge in [0.15, 0.2) is 0 Å². The molecule has 1 N–H and O–H groups in total. The van der Waals surface area contributed by atoms with E-state index in [2.05, 4.69) is 27.1 Å². The summed E-state index contributed by atoms with van der Waals surface area (Å²) in [4.78, 5) is 5.87. The fourth-order valence-electron chi connectivity index (χ4n) is 2.10. The Labute approximate surface area is 140 Å². The number of rotatable bonds is 6. The number of thiazole rings is 1. The highest BCUT2D eigenvalue weighted by molar-refractivity contribution is 7.83. The highest BCUT2D eigenvalue weighted by atomic mass is 32.2. The van der Waals surface area contributed by atoms with Crippen LogP contribution in [0, 0.1) is 0 Å². The normalized spacial score (nSPS) is 12.2. The molecule has 0 aliphatic carbocycles. The van der Waals surface area contributed by atoms with Crippen molar-refractivity contribution in [2.45, 2.75) is 12.3 Å². The number of nitrogens with zero attached hydrogens (tertiary/aromatic N) is 1. The van der Waals surface area contributed by atoms with Crippen LogP contribution in [0.25, 0.3) is 9.88 Å². The minimum Gasteiger partial charge on any atom is -0.379 e. The zero-order valence-corrected chi connectivity index (χ0v) is 14.6. The lowest BCUT2D eigenvalue weighted by Crippen LogP contribution is -2.01. The Hall–Kier alpha value is -1.50. The molecule has 0 aliphatic heterocycles. The maximum atomic E-state index is 11.3. The standard InChI is InChI=1S/C16H16N2OS3/c1-22(19)11-12-4-2-5-13(8-12)17-9-14-10-21-16(18-14)15-6-3-7-20-15/h2-8,10,17H,9,11H2,1H3. The first kappa shape index (κ1) is 15.4. The summed E-state index contributed by atoms with van der Waals surface area (Å²) < 4.78 is 11.3. The summed E-state index contributed by atoms with van der Waals surface area (Å²) in [6.45, 7) is 0.695. The van der Waals surface area contributed by atoms with Gasteiger partial charge < -0.3 is 5.32 Å². The Morgan fingerprint density at radius 2 is 2.14 bits per heavy atom. The molecule has 0 saturated heterocycles. The summed E-state index contributed by atoms with van der Waals surface area (Å²) in [6, 6.07) is 12.2. The molecule has 2 heterocycles. The topological polar surface area (TPSA) is 42.0 Å². The summed E-state index contributed by atoms with van der Waals surface area (Å²) in [5, 5.41) is 8.61. The summed E-state index contributed by atoms with van der Waals surface area (Å²) in [7, 11) is -0.816. The zero-order valence-electron chi connectivity index (χ0n) is 12.1. The summed E-state index contributed by atoms with van der Waals surface area (Å²) >= 11 is 3.38. The van der Waals surface area contributed by atoms with E-state index in [-0.39, 0.29) is 0 Å². The third-order valence-corrected chi connectivity index (χ3v) is 5.72. The quantitative estimate of drug-likeness (QED) is 0.719.